The second-order valence-electron chi connectivity index (χ2n) is 7.71. The molecular formula is C22H28N3O6P. The molecule has 0 aliphatic heterocycles. The van der Waals surface area contributed by atoms with Gasteiger partial charge in [-0.15, -0.1) is 0 Å². The molecule has 1 fully saturated rings. The molecule has 9 nitrogen and oxygen atoms in total. The first-order valence-corrected chi connectivity index (χ1v) is 12.0. The molecule has 10 heteroatoms. The predicted molar refractivity (Wildman–Crippen MR) is 120 cm³/mol. The average molecular weight is 461 g/mol. The van der Waals surface area contributed by atoms with Crippen molar-refractivity contribution < 1.29 is 28.6 Å². The molecule has 0 spiro atoms. The number of hydrogen-bond acceptors (Lipinski definition) is 7. The van der Waals surface area contributed by atoms with Crippen LogP contribution in [0.15, 0.2) is 41.5 Å². The maximum absolute atomic E-state index is 13.4. The van der Waals surface area contributed by atoms with E-state index in [0.717, 1.165) is 25.7 Å². The van der Waals surface area contributed by atoms with Crippen LogP contribution in [0.4, 0.5) is 0 Å². The molecule has 1 aromatic heterocycles. The molecule has 0 radical (unpaired) electrons. The maximum Gasteiger partial charge on any atom is 0.459 e. The van der Waals surface area contributed by atoms with Gasteiger partial charge in [0.15, 0.2) is 0 Å². The standard InChI is InChI=1S/C22H28N3O6P/c1-15-21(26)20(13-24-18-8-6-7-9-18)17(12-23-15)14-30-32(29,25-16(2)22(27)28)31-19-10-4-3-5-11-19/h3-5,10-13,16,18,26H,6-9,14H2,1-2H3,(H,25,29)(H,27,28)/b24-13+/t16?,32-/m0/s1. The number of aromatic nitrogens is 1. The number of benzene rings is 1. The van der Waals surface area contributed by atoms with Gasteiger partial charge in [-0.25, -0.2) is 4.57 Å². The van der Waals surface area contributed by atoms with Crippen LogP contribution in [0, 0.1) is 6.92 Å². The normalized spacial score (nSPS) is 17.3. The van der Waals surface area contributed by atoms with Crippen molar-refractivity contribution in [3.05, 3.63) is 53.3 Å². The Labute approximate surface area is 187 Å². The number of aliphatic imine (C=N–C) groups is 1. The molecule has 1 aliphatic rings. The molecular weight excluding hydrogens is 433 g/mol. The molecule has 3 rings (SSSR count). The van der Waals surface area contributed by atoms with Gasteiger partial charge in [0.2, 0.25) is 0 Å². The Bertz CT molecular complexity index is 1010. The van der Waals surface area contributed by atoms with Gasteiger partial charge in [0.1, 0.15) is 17.5 Å². The van der Waals surface area contributed by atoms with Crippen LogP contribution in [0.25, 0.3) is 0 Å². The Morgan fingerprint density at radius 3 is 2.69 bits per heavy atom. The quantitative estimate of drug-likeness (QED) is 0.354. The number of aromatic hydroxyl groups is 1. The highest BCUT2D eigenvalue weighted by Gasteiger charge is 2.32. The fourth-order valence-electron chi connectivity index (χ4n) is 3.30. The number of para-hydroxylation sites is 1. The van der Waals surface area contributed by atoms with Gasteiger partial charge in [-0.1, -0.05) is 31.0 Å². The van der Waals surface area contributed by atoms with Gasteiger partial charge < -0.3 is 14.7 Å². The summed E-state index contributed by atoms with van der Waals surface area (Å²) in [7, 11) is -4.09. The smallest absolute Gasteiger partial charge is 0.459 e. The van der Waals surface area contributed by atoms with Crippen LogP contribution >= 0.6 is 7.75 Å². The van der Waals surface area contributed by atoms with Gasteiger partial charge >= 0.3 is 13.7 Å². The summed E-state index contributed by atoms with van der Waals surface area (Å²) >= 11 is 0. The first kappa shape index (κ1) is 23.9. The predicted octanol–water partition coefficient (Wildman–Crippen LogP) is 4.22. The highest BCUT2D eigenvalue weighted by Crippen LogP contribution is 2.46. The summed E-state index contributed by atoms with van der Waals surface area (Å²) in [6.07, 6.45) is 7.39. The van der Waals surface area contributed by atoms with Crippen LogP contribution in [0.2, 0.25) is 0 Å². The first-order chi connectivity index (χ1) is 15.3. The van der Waals surface area contributed by atoms with E-state index in [4.69, 9.17) is 9.05 Å². The third-order valence-electron chi connectivity index (χ3n) is 5.18. The monoisotopic (exact) mass is 461 g/mol. The summed E-state index contributed by atoms with van der Waals surface area (Å²) in [5.74, 6) is -0.975. The summed E-state index contributed by atoms with van der Waals surface area (Å²) in [5.41, 5.74) is 1.32. The van der Waals surface area contributed by atoms with E-state index in [1.165, 1.54) is 13.1 Å². The zero-order valence-electron chi connectivity index (χ0n) is 18.1. The zero-order chi connectivity index (χ0) is 23.1. The van der Waals surface area contributed by atoms with Gasteiger partial charge in [0.05, 0.1) is 12.3 Å². The minimum atomic E-state index is -4.09. The highest BCUT2D eigenvalue weighted by molar-refractivity contribution is 7.52. The fourth-order valence-corrected chi connectivity index (χ4v) is 4.77. The molecule has 0 amide bonds. The lowest BCUT2D eigenvalue weighted by atomic mass is 10.1. The minimum Gasteiger partial charge on any atom is -0.505 e. The van der Waals surface area contributed by atoms with Crippen LogP contribution in [0.1, 0.15) is 49.4 Å². The summed E-state index contributed by atoms with van der Waals surface area (Å²) in [6.45, 7) is 2.77. The Hall–Kier alpha value is -2.74. The topological polar surface area (TPSA) is 130 Å². The van der Waals surface area contributed by atoms with Gasteiger partial charge in [-0.05, 0) is 38.8 Å². The number of carboxylic acid groups (broad SMARTS) is 1. The molecule has 172 valence electrons. The third kappa shape index (κ3) is 6.38. The maximum atomic E-state index is 13.4. The van der Waals surface area contributed by atoms with Crippen LogP contribution in [-0.4, -0.2) is 39.5 Å². The number of nitrogens with zero attached hydrogens (tertiary/aromatic N) is 2. The summed E-state index contributed by atoms with van der Waals surface area (Å²) in [5, 5.41) is 22.2. The van der Waals surface area contributed by atoms with E-state index in [0.29, 0.717) is 16.8 Å². The average Bonchev–Trinajstić information content (AvgIpc) is 3.28. The van der Waals surface area contributed by atoms with Gasteiger partial charge in [-0.2, -0.15) is 5.09 Å². The van der Waals surface area contributed by atoms with Crippen molar-refractivity contribution in [3.8, 4) is 11.5 Å². The van der Waals surface area contributed by atoms with Crippen molar-refractivity contribution in [2.75, 3.05) is 0 Å². The molecule has 2 atom stereocenters. The third-order valence-corrected chi connectivity index (χ3v) is 6.80. The van der Waals surface area contributed by atoms with E-state index in [1.54, 1.807) is 43.5 Å². The molecule has 1 aromatic carbocycles. The van der Waals surface area contributed by atoms with E-state index >= 15 is 0 Å². The summed E-state index contributed by atoms with van der Waals surface area (Å²) in [4.78, 5) is 20.0. The number of nitrogens with one attached hydrogen (secondary N) is 1. The van der Waals surface area contributed by atoms with Crippen LogP contribution in [0.3, 0.4) is 0 Å². The molecule has 1 unspecified atom stereocenters. The lowest BCUT2D eigenvalue weighted by molar-refractivity contribution is -0.138. The minimum absolute atomic E-state index is 0.0291. The van der Waals surface area contributed by atoms with Gasteiger partial charge in [0.25, 0.3) is 0 Å². The lowest BCUT2D eigenvalue weighted by Crippen LogP contribution is -2.33. The fraction of sp³-hybridized carbons (Fsp3) is 0.409. The van der Waals surface area contributed by atoms with Crippen molar-refractivity contribution in [1.29, 1.82) is 0 Å². The van der Waals surface area contributed by atoms with Crippen molar-refractivity contribution in [3.63, 3.8) is 0 Å². The van der Waals surface area contributed by atoms with Crippen molar-refractivity contribution in [1.82, 2.24) is 10.1 Å². The lowest BCUT2D eigenvalue weighted by Gasteiger charge is -2.22. The molecule has 3 N–H and O–H groups in total. The SMILES string of the molecule is Cc1ncc(CO[P@@](=O)(NC(C)C(=O)O)Oc2ccccc2)c(/C=N/C2CCCC2)c1O. The van der Waals surface area contributed by atoms with Gasteiger partial charge in [0, 0.05) is 29.6 Å². The molecule has 1 aliphatic carbocycles. The van der Waals surface area contributed by atoms with Crippen molar-refractivity contribution in [2.24, 2.45) is 4.99 Å². The molecule has 0 saturated heterocycles. The number of rotatable bonds is 10. The number of hydrogen-bond donors (Lipinski definition) is 3. The zero-order valence-corrected chi connectivity index (χ0v) is 19.0. The first-order valence-electron chi connectivity index (χ1n) is 10.5. The number of aryl methyl sites for hydroxylation is 1. The largest absolute Gasteiger partial charge is 0.505 e. The van der Waals surface area contributed by atoms with Crippen molar-refractivity contribution in [2.45, 2.75) is 58.2 Å². The molecule has 2 aromatic rings. The van der Waals surface area contributed by atoms with Crippen LogP contribution < -0.4 is 9.61 Å². The van der Waals surface area contributed by atoms with E-state index in [-0.39, 0.29) is 24.1 Å². The van der Waals surface area contributed by atoms with Crippen LogP contribution in [0.5, 0.6) is 11.5 Å². The Balaban J connectivity index is 1.83. The van der Waals surface area contributed by atoms with E-state index in [2.05, 4.69) is 15.1 Å². The number of aliphatic carboxylic acids is 1. The number of carbonyl (C=O) groups is 1. The van der Waals surface area contributed by atoms with Crippen molar-refractivity contribution >= 4 is 19.9 Å². The van der Waals surface area contributed by atoms with E-state index < -0.39 is 19.8 Å². The second-order valence-corrected chi connectivity index (χ2v) is 9.41. The highest BCUT2D eigenvalue weighted by atomic mass is 31.2. The molecule has 32 heavy (non-hydrogen) atoms. The molecule has 0 bridgehead atoms. The number of carboxylic acids is 1. The van der Waals surface area contributed by atoms with Gasteiger partial charge in [-0.3, -0.25) is 19.3 Å². The Morgan fingerprint density at radius 2 is 2.03 bits per heavy atom. The van der Waals surface area contributed by atoms with E-state index in [1.807, 2.05) is 0 Å². The Morgan fingerprint density at radius 1 is 1.34 bits per heavy atom. The van der Waals surface area contributed by atoms with Crippen LogP contribution in [-0.2, 0) is 20.5 Å². The van der Waals surface area contributed by atoms with E-state index in [9.17, 15) is 19.6 Å². The molecule has 1 saturated carbocycles. The summed E-state index contributed by atoms with van der Waals surface area (Å²) in [6, 6.07) is 7.35. The second kappa shape index (κ2) is 10.7. The Kier molecular flexibility index (Phi) is 8.01. The number of pyridine rings is 1. The summed E-state index contributed by atoms with van der Waals surface area (Å²) < 4.78 is 24.5. The molecule has 1 heterocycles.